The van der Waals surface area contributed by atoms with Gasteiger partial charge in [0, 0.05) is 13.3 Å². The lowest BCUT2D eigenvalue weighted by Gasteiger charge is -2.07. The molecule has 1 rings (SSSR count). The minimum Gasteiger partial charge on any atom is -0.384 e. The monoisotopic (exact) mass is 294 g/mol. The van der Waals surface area contributed by atoms with Crippen molar-refractivity contribution in [1.82, 2.24) is 4.98 Å². The average Bonchev–Trinajstić information content (AvgIpc) is 2.18. The third-order valence-corrected chi connectivity index (χ3v) is 3.42. The first-order valence-corrected chi connectivity index (χ1v) is 6.59. The zero-order chi connectivity index (χ0) is 11.3. The molecule has 0 aromatic carbocycles. The lowest BCUT2D eigenvalue weighted by atomic mass is 10.5. The SMILES string of the molecule is COCCS(=O)(=O)Nc1ncccc1Br. The molecule has 0 bridgehead atoms. The molecule has 0 atom stereocenters. The first-order chi connectivity index (χ1) is 7.05. The predicted molar refractivity (Wildman–Crippen MR) is 61.2 cm³/mol. The smallest absolute Gasteiger partial charge is 0.236 e. The van der Waals surface area contributed by atoms with Gasteiger partial charge in [0.25, 0.3) is 0 Å². The lowest BCUT2D eigenvalue weighted by Crippen LogP contribution is -2.20. The van der Waals surface area contributed by atoms with Crippen molar-refractivity contribution in [3.63, 3.8) is 0 Å². The van der Waals surface area contributed by atoms with E-state index >= 15 is 0 Å². The summed E-state index contributed by atoms with van der Waals surface area (Å²) in [6.45, 7) is 0.153. The van der Waals surface area contributed by atoms with Crippen LogP contribution >= 0.6 is 15.9 Å². The molecule has 0 unspecified atom stereocenters. The number of methoxy groups -OCH3 is 1. The molecular weight excluding hydrogens is 284 g/mol. The molecule has 1 N–H and O–H groups in total. The molecule has 1 aromatic heterocycles. The number of nitrogens with zero attached hydrogens (tertiary/aromatic N) is 1. The van der Waals surface area contributed by atoms with Crippen molar-refractivity contribution >= 4 is 31.8 Å². The van der Waals surface area contributed by atoms with Crippen molar-refractivity contribution in [2.75, 3.05) is 24.2 Å². The molecule has 7 heteroatoms. The first-order valence-electron chi connectivity index (χ1n) is 4.15. The summed E-state index contributed by atoms with van der Waals surface area (Å²) in [6.07, 6.45) is 1.51. The first kappa shape index (κ1) is 12.4. The fourth-order valence-electron chi connectivity index (χ4n) is 0.852. The van der Waals surface area contributed by atoms with Gasteiger partial charge in [0.15, 0.2) is 5.82 Å². The molecular formula is C8H11BrN2O3S. The number of anilines is 1. The Morgan fingerprint density at radius 1 is 1.60 bits per heavy atom. The van der Waals surface area contributed by atoms with Crippen LogP contribution in [0.25, 0.3) is 0 Å². The van der Waals surface area contributed by atoms with E-state index in [2.05, 4.69) is 25.6 Å². The van der Waals surface area contributed by atoms with E-state index in [1.165, 1.54) is 13.3 Å². The van der Waals surface area contributed by atoms with Crippen LogP contribution in [0.1, 0.15) is 0 Å². The number of rotatable bonds is 5. The van der Waals surface area contributed by atoms with E-state index in [-0.39, 0.29) is 18.2 Å². The standard InChI is InChI=1S/C8H11BrN2O3S/c1-14-5-6-15(12,13)11-8-7(9)3-2-4-10-8/h2-4H,5-6H2,1H3,(H,10,11). The highest BCUT2D eigenvalue weighted by atomic mass is 79.9. The van der Waals surface area contributed by atoms with Gasteiger partial charge in [-0.2, -0.15) is 0 Å². The van der Waals surface area contributed by atoms with E-state index in [9.17, 15) is 8.42 Å². The molecule has 0 aliphatic heterocycles. The number of pyridine rings is 1. The number of ether oxygens (including phenoxy) is 1. The van der Waals surface area contributed by atoms with Crippen LogP contribution in [-0.4, -0.2) is 32.9 Å². The van der Waals surface area contributed by atoms with Crippen molar-refractivity contribution in [1.29, 1.82) is 0 Å². The van der Waals surface area contributed by atoms with Crippen LogP contribution < -0.4 is 4.72 Å². The highest BCUT2D eigenvalue weighted by Crippen LogP contribution is 2.19. The second kappa shape index (κ2) is 5.43. The zero-order valence-corrected chi connectivity index (χ0v) is 10.5. The average molecular weight is 295 g/mol. The van der Waals surface area contributed by atoms with Crippen LogP contribution in [0.15, 0.2) is 22.8 Å². The molecule has 5 nitrogen and oxygen atoms in total. The second-order valence-corrected chi connectivity index (χ2v) is 5.44. The Bertz CT molecular complexity index is 422. The summed E-state index contributed by atoms with van der Waals surface area (Å²) in [7, 11) is -1.94. The van der Waals surface area contributed by atoms with E-state index in [0.717, 1.165) is 0 Å². The Morgan fingerprint density at radius 3 is 2.93 bits per heavy atom. The van der Waals surface area contributed by atoms with Crippen molar-refractivity contribution in [3.05, 3.63) is 22.8 Å². The summed E-state index contributed by atoms with van der Waals surface area (Å²) in [6, 6.07) is 3.41. The van der Waals surface area contributed by atoms with Crippen molar-refractivity contribution in [2.45, 2.75) is 0 Å². The number of nitrogens with one attached hydrogen (secondary N) is 1. The molecule has 15 heavy (non-hydrogen) atoms. The molecule has 0 amide bonds. The van der Waals surface area contributed by atoms with Crippen LogP contribution in [-0.2, 0) is 14.8 Å². The van der Waals surface area contributed by atoms with Gasteiger partial charge in [-0.15, -0.1) is 0 Å². The molecule has 0 saturated heterocycles. The summed E-state index contributed by atoms with van der Waals surface area (Å²) in [5.41, 5.74) is 0. The van der Waals surface area contributed by atoms with E-state index in [0.29, 0.717) is 4.47 Å². The maximum atomic E-state index is 11.5. The fraction of sp³-hybridized carbons (Fsp3) is 0.375. The molecule has 1 heterocycles. The normalized spacial score (nSPS) is 11.3. The summed E-state index contributed by atoms with van der Waals surface area (Å²) in [5.74, 6) is 0.195. The summed E-state index contributed by atoms with van der Waals surface area (Å²) >= 11 is 3.20. The van der Waals surface area contributed by atoms with Crippen LogP contribution in [0.5, 0.6) is 0 Å². The van der Waals surface area contributed by atoms with Gasteiger partial charge < -0.3 is 4.74 Å². The third-order valence-electron chi connectivity index (χ3n) is 1.57. The molecule has 0 spiro atoms. The van der Waals surface area contributed by atoms with Gasteiger partial charge in [0.1, 0.15) is 0 Å². The molecule has 0 saturated carbocycles. The van der Waals surface area contributed by atoms with Crippen LogP contribution in [0.3, 0.4) is 0 Å². The minimum absolute atomic E-state index is 0.0908. The largest absolute Gasteiger partial charge is 0.384 e. The minimum atomic E-state index is -3.39. The Balaban J connectivity index is 2.74. The molecule has 0 aliphatic rings. The third kappa shape index (κ3) is 4.15. The molecule has 0 fully saturated rings. The highest BCUT2D eigenvalue weighted by Gasteiger charge is 2.12. The van der Waals surface area contributed by atoms with Gasteiger partial charge in [0.2, 0.25) is 10.0 Å². The number of aromatic nitrogens is 1. The van der Waals surface area contributed by atoms with E-state index in [1.807, 2.05) is 0 Å². The Morgan fingerprint density at radius 2 is 2.33 bits per heavy atom. The number of sulfonamides is 1. The molecule has 0 radical (unpaired) electrons. The van der Waals surface area contributed by atoms with Gasteiger partial charge in [0.05, 0.1) is 16.8 Å². The molecule has 0 aliphatic carbocycles. The van der Waals surface area contributed by atoms with Crippen LogP contribution in [0.2, 0.25) is 0 Å². The highest BCUT2D eigenvalue weighted by molar-refractivity contribution is 9.10. The predicted octanol–water partition coefficient (Wildman–Crippen LogP) is 1.23. The summed E-state index contributed by atoms with van der Waals surface area (Å²) in [5, 5.41) is 0. The van der Waals surface area contributed by atoms with E-state index < -0.39 is 10.0 Å². The Hall–Kier alpha value is -0.660. The quantitative estimate of drug-likeness (QED) is 0.887. The lowest BCUT2D eigenvalue weighted by molar-refractivity contribution is 0.217. The van der Waals surface area contributed by atoms with E-state index in [4.69, 9.17) is 4.74 Å². The van der Waals surface area contributed by atoms with Gasteiger partial charge in [-0.3, -0.25) is 4.72 Å². The zero-order valence-electron chi connectivity index (χ0n) is 8.10. The summed E-state index contributed by atoms with van der Waals surface area (Å²) < 4.78 is 30.6. The Labute approximate surface area is 97.0 Å². The maximum Gasteiger partial charge on any atom is 0.236 e. The van der Waals surface area contributed by atoms with Gasteiger partial charge in [-0.05, 0) is 28.1 Å². The van der Waals surface area contributed by atoms with Crippen molar-refractivity contribution in [2.24, 2.45) is 0 Å². The van der Waals surface area contributed by atoms with Gasteiger partial charge >= 0.3 is 0 Å². The summed E-state index contributed by atoms with van der Waals surface area (Å²) in [4.78, 5) is 3.89. The van der Waals surface area contributed by atoms with Crippen LogP contribution in [0.4, 0.5) is 5.82 Å². The topological polar surface area (TPSA) is 68.3 Å². The van der Waals surface area contributed by atoms with Crippen molar-refractivity contribution < 1.29 is 13.2 Å². The van der Waals surface area contributed by atoms with Crippen molar-refractivity contribution in [3.8, 4) is 0 Å². The van der Waals surface area contributed by atoms with Gasteiger partial charge in [-0.25, -0.2) is 13.4 Å². The second-order valence-electron chi connectivity index (χ2n) is 2.75. The number of hydrogen-bond acceptors (Lipinski definition) is 4. The van der Waals surface area contributed by atoms with Gasteiger partial charge in [-0.1, -0.05) is 0 Å². The number of hydrogen-bond donors (Lipinski definition) is 1. The maximum absolute atomic E-state index is 11.5. The van der Waals surface area contributed by atoms with E-state index in [1.54, 1.807) is 12.1 Å². The van der Waals surface area contributed by atoms with Crippen LogP contribution in [0, 0.1) is 0 Å². The molecule has 84 valence electrons. The fourth-order valence-corrected chi connectivity index (χ4v) is 2.28. The number of halogens is 1. The molecule has 1 aromatic rings. The Kier molecular flexibility index (Phi) is 4.49.